The van der Waals surface area contributed by atoms with Crippen LogP contribution in [0.5, 0.6) is 0 Å². The molecule has 0 radical (unpaired) electrons. The molecule has 2 rings (SSSR count). The molecule has 0 aliphatic carbocycles. The van der Waals surface area contributed by atoms with Gasteiger partial charge in [0.15, 0.2) is 5.69 Å². The summed E-state index contributed by atoms with van der Waals surface area (Å²) in [6.45, 7) is 3.82. The van der Waals surface area contributed by atoms with Crippen LogP contribution < -0.4 is 5.73 Å². The van der Waals surface area contributed by atoms with Gasteiger partial charge in [-0.3, -0.25) is 9.58 Å². The molecule has 0 atom stereocenters. The summed E-state index contributed by atoms with van der Waals surface area (Å²) in [5.74, 6) is -0.970. The standard InChI is InChI=1S/C9H14N4O2/c10-1-2-12-3-4-13-7(6-12)5-8(11-13)9(14)15/h5H,1-4,6,10H2,(H,14,15). The van der Waals surface area contributed by atoms with Gasteiger partial charge < -0.3 is 10.8 Å². The molecule has 0 saturated heterocycles. The maximum Gasteiger partial charge on any atom is 0.356 e. The van der Waals surface area contributed by atoms with Crippen LogP contribution in [0.15, 0.2) is 6.07 Å². The molecule has 0 unspecified atom stereocenters. The molecule has 82 valence electrons. The Morgan fingerprint density at radius 2 is 2.40 bits per heavy atom. The first-order valence-corrected chi connectivity index (χ1v) is 4.93. The Kier molecular flexibility index (Phi) is 2.70. The van der Waals surface area contributed by atoms with E-state index in [0.29, 0.717) is 6.54 Å². The smallest absolute Gasteiger partial charge is 0.356 e. The van der Waals surface area contributed by atoms with E-state index in [1.165, 1.54) is 0 Å². The Balaban J connectivity index is 2.15. The fourth-order valence-electron chi connectivity index (χ4n) is 1.80. The minimum Gasteiger partial charge on any atom is -0.476 e. The summed E-state index contributed by atoms with van der Waals surface area (Å²) < 4.78 is 1.76. The lowest BCUT2D eigenvalue weighted by molar-refractivity contribution is 0.0689. The first-order chi connectivity index (χ1) is 7.20. The quantitative estimate of drug-likeness (QED) is 0.693. The van der Waals surface area contributed by atoms with E-state index in [4.69, 9.17) is 10.8 Å². The second-order valence-corrected chi connectivity index (χ2v) is 3.61. The summed E-state index contributed by atoms with van der Waals surface area (Å²) in [4.78, 5) is 12.9. The monoisotopic (exact) mass is 210 g/mol. The number of nitrogens with two attached hydrogens (primary N) is 1. The molecule has 1 aromatic rings. The predicted octanol–water partition coefficient (Wildman–Crippen LogP) is -0.644. The molecule has 0 spiro atoms. The normalized spacial score (nSPS) is 16.3. The minimum absolute atomic E-state index is 0.125. The SMILES string of the molecule is NCCN1CCn2nc(C(=O)O)cc2C1. The average Bonchev–Trinajstić information content (AvgIpc) is 2.61. The lowest BCUT2D eigenvalue weighted by atomic mass is 10.3. The van der Waals surface area contributed by atoms with Crippen molar-refractivity contribution in [3.63, 3.8) is 0 Å². The van der Waals surface area contributed by atoms with E-state index in [9.17, 15) is 4.79 Å². The van der Waals surface area contributed by atoms with Crippen molar-refractivity contribution in [3.8, 4) is 0 Å². The number of hydrogen-bond donors (Lipinski definition) is 2. The zero-order chi connectivity index (χ0) is 10.8. The number of rotatable bonds is 3. The molecule has 2 heterocycles. The van der Waals surface area contributed by atoms with Crippen molar-refractivity contribution in [2.45, 2.75) is 13.1 Å². The molecule has 15 heavy (non-hydrogen) atoms. The van der Waals surface area contributed by atoms with Gasteiger partial charge in [-0.05, 0) is 6.07 Å². The van der Waals surface area contributed by atoms with Gasteiger partial charge in [-0.2, -0.15) is 5.10 Å². The maximum atomic E-state index is 10.7. The zero-order valence-corrected chi connectivity index (χ0v) is 8.39. The number of hydrogen-bond acceptors (Lipinski definition) is 4. The number of fused-ring (bicyclic) bond motifs is 1. The lowest BCUT2D eigenvalue weighted by Crippen LogP contribution is -2.36. The molecular weight excluding hydrogens is 196 g/mol. The highest BCUT2D eigenvalue weighted by Crippen LogP contribution is 2.12. The average molecular weight is 210 g/mol. The van der Waals surface area contributed by atoms with Crippen molar-refractivity contribution in [1.29, 1.82) is 0 Å². The van der Waals surface area contributed by atoms with Gasteiger partial charge in [0.25, 0.3) is 0 Å². The second-order valence-electron chi connectivity index (χ2n) is 3.61. The molecule has 0 aromatic carbocycles. The Labute approximate surface area is 87.3 Å². The Morgan fingerprint density at radius 3 is 3.07 bits per heavy atom. The molecule has 1 aromatic heterocycles. The van der Waals surface area contributed by atoms with Gasteiger partial charge in [-0.1, -0.05) is 0 Å². The molecule has 0 fully saturated rings. The van der Waals surface area contributed by atoms with E-state index in [1.807, 2.05) is 0 Å². The lowest BCUT2D eigenvalue weighted by Gasteiger charge is -2.26. The highest BCUT2D eigenvalue weighted by Gasteiger charge is 2.19. The summed E-state index contributed by atoms with van der Waals surface area (Å²) >= 11 is 0. The van der Waals surface area contributed by atoms with Crippen LogP contribution in [0.25, 0.3) is 0 Å². The second kappa shape index (κ2) is 4.00. The van der Waals surface area contributed by atoms with Crippen LogP contribution in [0, 0.1) is 0 Å². The molecule has 0 saturated carbocycles. The third-order valence-corrected chi connectivity index (χ3v) is 2.54. The molecule has 3 N–H and O–H groups in total. The fourth-order valence-corrected chi connectivity index (χ4v) is 1.80. The minimum atomic E-state index is -0.970. The number of carboxylic acids is 1. The van der Waals surface area contributed by atoms with Gasteiger partial charge >= 0.3 is 5.97 Å². The van der Waals surface area contributed by atoms with Gasteiger partial charge in [-0.25, -0.2) is 4.79 Å². The molecule has 0 amide bonds. The number of carbonyl (C=O) groups is 1. The molecular formula is C9H14N4O2. The van der Waals surface area contributed by atoms with E-state index in [1.54, 1.807) is 10.7 Å². The van der Waals surface area contributed by atoms with E-state index in [-0.39, 0.29) is 5.69 Å². The zero-order valence-electron chi connectivity index (χ0n) is 8.39. The van der Waals surface area contributed by atoms with Gasteiger partial charge in [-0.15, -0.1) is 0 Å². The van der Waals surface area contributed by atoms with E-state index in [2.05, 4.69) is 10.00 Å². The maximum absolute atomic E-state index is 10.7. The van der Waals surface area contributed by atoms with E-state index >= 15 is 0 Å². The topological polar surface area (TPSA) is 84.4 Å². The Bertz CT molecular complexity index is 374. The Morgan fingerprint density at radius 1 is 1.60 bits per heavy atom. The Hall–Kier alpha value is -1.40. The van der Waals surface area contributed by atoms with Gasteiger partial charge in [0.2, 0.25) is 0 Å². The number of aromatic carboxylic acids is 1. The van der Waals surface area contributed by atoms with Gasteiger partial charge in [0, 0.05) is 26.2 Å². The summed E-state index contributed by atoms with van der Waals surface area (Å²) in [6.07, 6.45) is 0. The van der Waals surface area contributed by atoms with Crippen molar-refractivity contribution < 1.29 is 9.90 Å². The van der Waals surface area contributed by atoms with Crippen LogP contribution >= 0.6 is 0 Å². The molecule has 6 heteroatoms. The molecule has 6 nitrogen and oxygen atoms in total. The fraction of sp³-hybridized carbons (Fsp3) is 0.556. The first kappa shape index (κ1) is 10.1. The van der Waals surface area contributed by atoms with E-state index in [0.717, 1.165) is 31.9 Å². The van der Waals surface area contributed by atoms with Crippen molar-refractivity contribution in [2.24, 2.45) is 5.73 Å². The van der Waals surface area contributed by atoms with Crippen LogP contribution in [0.2, 0.25) is 0 Å². The van der Waals surface area contributed by atoms with Crippen LogP contribution in [0.1, 0.15) is 16.2 Å². The predicted molar refractivity (Wildman–Crippen MR) is 53.5 cm³/mol. The summed E-state index contributed by atoms with van der Waals surface area (Å²) in [5, 5.41) is 12.8. The summed E-state index contributed by atoms with van der Waals surface area (Å²) in [6, 6.07) is 1.63. The number of aromatic nitrogens is 2. The van der Waals surface area contributed by atoms with Crippen LogP contribution in [-0.4, -0.2) is 45.4 Å². The van der Waals surface area contributed by atoms with Crippen LogP contribution in [0.3, 0.4) is 0 Å². The van der Waals surface area contributed by atoms with Crippen LogP contribution in [-0.2, 0) is 13.1 Å². The number of carboxylic acid groups (broad SMARTS) is 1. The van der Waals surface area contributed by atoms with Crippen molar-refractivity contribution in [1.82, 2.24) is 14.7 Å². The highest BCUT2D eigenvalue weighted by atomic mass is 16.4. The summed E-state index contributed by atoms with van der Waals surface area (Å²) in [7, 11) is 0. The van der Waals surface area contributed by atoms with E-state index < -0.39 is 5.97 Å². The molecule has 1 aliphatic rings. The first-order valence-electron chi connectivity index (χ1n) is 4.93. The van der Waals surface area contributed by atoms with Gasteiger partial charge in [0.1, 0.15) is 0 Å². The third-order valence-electron chi connectivity index (χ3n) is 2.54. The van der Waals surface area contributed by atoms with Crippen molar-refractivity contribution in [2.75, 3.05) is 19.6 Å². The number of nitrogens with zero attached hydrogens (tertiary/aromatic N) is 3. The highest BCUT2D eigenvalue weighted by molar-refractivity contribution is 5.85. The van der Waals surface area contributed by atoms with Crippen LogP contribution in [0.4, 0.5) is 0 Å². The van der Waals surface area contributed by atoms with Crippen molar-refractivity contribution >= 4 is 5.97 Å². The third kappa shape index (κ3) is 2.00. The van der Waals surface area contributed by atoms with Gasteiger partial charge in [0.05, 0.1) is 12.2 Å². The largest absolute Gasteiger partial charge is 0.476 e. The molecule has 1 aliphatic heterocycles. The van der Waals surface area contributed by atoms with Crippen molar-refractivity contribution in [3.05, 3.63) is 17.5 Å². The summed E-state index contributed by atoms with van der Waals surface area (Å²) in [5.41, 5.74) is 6.55. The molecule has 0 bridgehead atoms.